The van der Waals surface area contributed by atoms with Gasteiger partial charge in [-0.2, -0.15) is 0 Å². The SMILES string of the molecule is O=C(N[C@@H](C(=O)NC1CC1)C1CCN(C(=O)C2CCCC2)CC1)c1ccc(F)cc1. The highest BCUT2D eigenvalue weighted by molar-refractivity contribution is 5.97. The smallest absolute Gasteiger partial charge is 0.251 e. The van der Waals surface area contributed by atoms with Crippen molar-refractivity contribution in [3.05, 3.63) is 35.6 Å². The predicted octanol–water partition coefficient (Wildman–Crippen LogP) is 2.63. The molecule has 1 saturated heterocycles. The van der Waals surface area contributed by atoms with E-state index in [0.29, 0.717) is 31.5 Å². The Kier molecular flexibility index (Phi) is 6.35. The molecule has 3 amide bonds. The molecule has 4 rings (SSSR count). The van der Waals surface area contributed by atoms with E-state index in [0.717, 1.165) is 38.5 Å². The molecule has 1 aromatic carbocycles. The molecule has 0 bridgehead atoms. The van der Waals surface area contributed by atoms with E-state index in [4.69, 9.17) is 0 Å². The first-order chi connectivity index (χ1) is 14.5. The lowest BCUT2D eigenvalue weighted by Gasteiger charge is -2.36. The van der Waals surface area contributed by atoms with E-state index in [1.54, 1.807) is 0 Å². The Morgan fingerprint density at radius 1 is 0.933 bits per heavy atom. The zero-order chi connectivity index (χ0) is 21.1. The molecule has 0 aromatic heterocycles. The average Bonchev–Trinajstić information content (AvgIpc) is 3.40. The summed E-state index contributed by atoms with van der Waals surface area (Å²) in [5, 5.41) is 5.88. The lowest BCUT2D eigenvalue weighted by Crippen LogP contribution is -2.54. The summed E-state index contributed by atoms with van der Waals surface area (Å²) in [6.45, 7) is 1.25. The number of likely N-dealkylation sites (tertiary alicyclic amines) is 1. The van der Waals surface area contributed by atoms with Gasteiger partial charge in [0.1, 0.15) is 11.9 Å². The molecule has 1 atom stereocenters. The molecule has 2 saturated carbocycles. The Bertz CT molecular complexity index is 779. The van der Waals surface area contributed by atoms with Crippen LogP contribution >= 0.6 is 0 Å². The number of benzene rings is 1. The topological polar surface area (TPSA) is 78.5 Å². The number of piperidine rings is 1. The van der Waals surface area contributed by atoms with E-state index in [1.165, 1.54) is 24.3 Å². The van der Waals surface area contributed by atoms with Crippen molar-refractivity contribution in [3.63, 3.8) is 0 Å². The average molecular weight is 416 g/mol. The molecule has 30 heavy (non-hydrogen) atoms. The standard InChI is InChI=1S/C23H30FN3O3/c24-18-7-5-16(6-8-18)21(28)26-20(22(29)25-19-9-10-19)15-11-13-27(14-12-15)23(30)17-3-1-2-4-17/h5-8,15,17,19-20H,1-4,9-14H2,(H,25,29)(H,26,28)/t20-/m1/s1. The van der Waals surface area contributed by atoms with Crippen LogP contribution in [-0.4, -0.2) is 47.8 Å². The zero-order valence-electron chi connectivity index (χ0n) is 17.2. The van der Waals surface area contributed by atoms with Gasteiger partial charge in [-0.05, 0) is 68.7 Å². The minimum atomic E-state index is -0.646. The molecule has 1 aromatic rings. The van der Waals surface area contributed by atoms with Crippen molar-refractivity contribution < 1.29 is 18.8 Å². The van der Waals surface area contributed by atoms with Crippen LogP contribution in [0.15, 0.2) is 24.3 Å². The van der Waals surface area contributed by atoms with Gasteiger partial charge < -0.3 is 15.5 Å². The first-order valence-electron chi connectivity index (χ1n) is 11.2. The van der Waals surface area contributed by atoms with E-state index >= 15 is 0 Å². The number of nitrogens with zero attached hydrogens (tertiary/aromatic N) is 1. The Balaban J connectivity index is 1.39. The third-order valence-corrected chi connectivity index (χ3v) is 6.63. The normalized spacial score (nSPS) is 21.3. The van der Waals surface area contributed by atoms with Crippen molar-refractivity contribution >= 4 is 17.7 Å². The minimum Gasteiger partial charge on any atom is -0.352 e. The number of nitrogens with one attached hydrogen (secondary N) is 2. The lowest BCUT2D eigenvalue weighted by molar-refractivity contribution is -0.137. The van der Waals surface area contributed by atoms with Crippen molar-refractivity contribution in [2.24, 2.45) is 11.8 Å². The molecule has 3 aliphatic rings. The van der Waals surface area contributed by atoms with Crippen molar-refractivity contribution in [2.45, 2.75) is 63.5 Å². The second-order valence-corrected chi connectivity index (χ2v) is 8.88. The highest BCUT2D eigenvalue weighted by Gasteiger charge is 2.37. The second-order valence-electron chi connectivity index (χ2n) is 8.88. The number of amides is 3. The maximum atomic E-state index is 13.2. The van der Waals surface area contributed by atoms with Crippen LogP contribution in [-0.2, 0) is 9.59 Å². The number of hydrogen-bond acceptors (Lipinski definition) is 3. The fraction of sp³-hybridized carbons (Fsp3) is 0.609. The summed E-state index contributed by atoms with van der Waals surface area (Å²) in [6.07, 6.45) is 7.54. The molecule has 0 unspecified atom stereocenters. The van der Waals surface area contributed by atoms with E-state index in [-0.39, 0.29) is 35.6 Å². The fourth-order valence-electron chi connectivity index (χ4n) is 4.63. The summed E-state index contributed by atoms with van der Waals surface area (Å²) in [5.41, 5.74) is 0.328. The number of carbonyl (C=O) groups excluding carboxylic acids is 3. The summed E-state index contributed by atoms with van der Waals surface area (Å²) in [4.78, 5) is 40.2. The van der Waals surface area contributed by atoms with E-state index in [2.05, 4.69) is 10.6 Å². The summed E-state index contributed by atoms with van der Waals surface area (Å²) in [6, 6.07) is 4.87. The van der Waals surface area contributed by atoms with Gasteiger partial charge in [0.2, 0.25) is 11.8 Å². The number of halogens is 1. The highest BCUT2D eigenvalue weighted by atomic mass is 19.1. The van der Waals surface area contributed by atoms with Gasteiger partial charge in [0, 0.05) is 30.6 Å². The lowest BCUT2D eigenvalue weighted by atomic mass is 9.87. The van der Waals surface area contributed by atoms with Gasteiger partial charge in [-0.1, -0.05) is 12.8 Å². The third kappa shape index (κ3) is 4.99. The van der Waals surface area contributed by atoms with E-state index in [9.17, 15) is 18.8 Å². The van der Waals surface area contributed by atoms with Crippen LogP contribution in [0.25, 0.3) is 0 Å². The third-order valence-electron chi connectivity index (χ3n) is 6.63. The predicted molar refractivity (Wildman–Crippen MR) is 110 cm³/mol. The second kappa shape index (κ2) is 9.14. The van der Waals surface area contributed by atoms with E-state index in [1.807, 2.05) is 4.90 Å². The maximum absolute atomic E-state index is 13.2. The first kappa shape index (κ1) is 20.8. The molecule has 2 aliphatic carbocycles. The van der Waals surface area contributed by atoms with Crippen molar-refractivity contribution in [3.8, 4) is 0 Å². The molecular weight excluding hydrogens is 385 g/mol. The molecule has 1 aliphatic heterocycles. The molecule has 0 spiro atoms. The monoisotopic (exact) mass is 415 g/mol. The minimum absolute atomic E-state index is 0.0271. The Morgan fingerprint density at radius 2 is 1.57 bits per heavy atom. The number of hydrogen-bond donors (Lipinski definition) is 2. The van der Waals surface area contributed by atoms with Crippen LogP contribution in [0, 0.1) is 17.7 Å². The summed E-state index contributed by atoms with van der Waals surface area (Å²) in [7, 11) is 0. The number of carbonyl (C=O) groups is 3. The Hall–Kier alpha value is -2.44. The largest absolute Gasteiger partial charge is 0.352 e. The van der Waals surface area contributed by atoms with Crippen LogP contribution in [0.4, 0.5) is 4.39 Å². The quantitative estimate of drug-likeness (QED) is 0.750. The summed E-state index contributed by atoms with van der Waals surface area (Å²) in [5.74, 6) is -0.562. The molecule has 2 N–H and O–H groups in total. The summed E-state index contributed by atoms with van der Waals surface area (Å²) < 4.78 is 13.2. The maximum Gasteiger partial charge on any atom is 0.251 e. The van der Waals surface area contributed by atoms with Gasteiger partial charge in [-0.3, -0.25) is 14.4 Å². The van der Waals surface area contributed by atoms with Crippen LogP contribution in [0.5, 0.6) is 0 Å². The molecule has 162 valence electrons. The van der Waals surface area contributed by atoms with E-state index < -0.39 is 11.9 Å². The number of rotatable bonds is 6. The summed E-state index contributed by atoms with van der Waals surface area (Å²) >= 11 is 0. The van der Waals surface area contributed by atoms with Crippen LogP contribution < -0.4 is 10.6 Å². The van der Waals surface area contributed by atoms with Crippen molar-refractivity contribution in [1.29, 1.82) is 0 Å². The first-order valence-corrected chi connectivity index (χ1v) is 11.2. The Morgan fingerprint density at radius 3 is 2.17 bits per heavy atom. The van der Waals surface area contributed by atoms with Gasteiger partial charge in [-0.25, -0.2) is 4.39 Å². The van der Waals surface area contributed by atoms with Crippen molar-refractivity contribution in [1.82, 2.24) is 15.5 Å². The van der Waals surface area contributed by atoms with Gasteiger partial charge in [-0.15, -0.1) is 0 Å². The van der Waals surface area contributed by atoms with Gasteiger partial charge in [0.25, 0.3) is 5.91 Å². The molecule has 6 nitrogen and oxygen atoms in total. The van der Waals surface area contributed by atoms with Crippen LogP contribution in [0.3, 0.4) is 0 Å². The van der Waals surface area contributed by atoms with Gasteiger partial charge in [0.15, 0.2) is 0 Å². The van der Waals surface area contributed by atoms with Crippen LogP contribution in [0.1, 0.15) is 61.7 Å². The van der Waals surface area contributed by atoms with Crippen molar-refractivity contribution in [2.75, 3.05) is 13.1 Å². The fourth-order valence-corrected chi connectivity index (χ4v) is 4.63. The molecule has 0 radical (unpaired) electrons. The molecular formula is C23H30FN3O3. The molecule has 1 heterocycles. The van der Waals surface area contributed by atoms with Crippen LogP contribution in [0.2, 0.25) is 0 Å². The molecule has 3 fully saturated rings. The zero-order valence-corrected chi connectivity index (χ0v) is 17.2. The highest BCUT2D eigenvalue weighted by Crippen LogP contribution is 2.29. The Labute approximate surface area is 176 Å². The van der Waals surface area contributed by atoms with Gasteiger partial charge >= 0.3 is 0 Å². The molecule has 7 heteroatoms. The van der Waals surface area contributed by atoms with Gasteiger partial charge in [0.05, 0.1) is 0 Å².